The largest absolute Gasteiger partial charge is 0.310 e. The van der Waals surface area contributed by atoms with Gasteiger partial charge in [-0.25, -0.2) is 0 Å². The number of benzene rings is 1. The predicted octanol–water partition coefficient (Wildman–Crippen LogP) is 5.13. The summed E-state index contributed by atoms with van der Waals surface area (Å²) in [7, 11) is 0. The number of thiophene rings is 1. The topological polar surface area (TPSA) is 12.0 Å². The van der Waals surface area contributed by atoms with Crippen molar-refractivity contribution in [1.82, 2.24) is 5.32 Å². The molecule has 2 heteroatoms. The van der Waals surface area contributed by atoms with E-state index in [-0.39, 0.29) is 0 Å². The molecule has 1 N–H and O–H groups in total. The van der Waals surface area contributed by atoms with E-state index in [0.717, 1.165) is 12.5 Å². The third kappa shape index (κ3) is 2.70. The zero-order valence-corrected chi connectivity index (χ0v) is 12.5. The first-order chi connectivity index (χ1) is 9.40. The van der Waals surface area contributed by atoms with E-state index < -0.39 is 0 Å². The van der Waals surface area contributed by atoms with E-state index in [0.29, 0.717) is 6.04 Å². The van der Waals surface area contributed by atoms with Gasteiger partial charge in [0.25, 0.3) is 0 Å². The van der Waals surface area contributed by atoms with Crippen LogP contribution < -0.4 is 5.32 Å². The number of rotatable bonds is 5. The molecule has 1 aliphatic rings. The summed E-state index contributed by atoms with van der Waals surface area (Å²) in [5.41, 5.74) is 1.54. The van der Waals surface area contributed by atoms with Gasteiger partial charge in [-0.2, -0.15) is 0 Å². The molecule has 1 aromatic heterocycles. The Morgan fingerprint density at radius 1 is 1.26 bits per heavy atom. The number of hydrogen-bond acceptors (Lipinski definition) is 2. The van der Waals surface area contributed by atoms with Crippen LogP contribution in [0.5, 0.6) is 0 Å². The second-order valence-electron chi connectivity index (χ2n) is 5.66. The lowest BCUT2D eigenvalue weighted by Gasteiger charge is -2.24. The molecule has 19 heavy (non-hydrogen) atoms. The van der Waals surface area contributed by atoms with Gasteiger partial charge in [0.15, 0.2) is 0 Å². The summed E-state index contributed by atoms with van der Waals surface area (Å²) in [6, 6.07) is 9.42. The van der Waals surface area contributed by atoms with E-state index in [1.54, 1.807) is 5.56 Å². The molecule has 0 bridgehead atoms. The lowest BCUT2D eigenvalue weighted by molar-refractivity contribution is 0.371. The van der Waals surface area contributed by atoms with Gasteiger partial charge in [-0.05, 0) is 54.1 Å². The van der Waals surface area contributed by atoms with Gasteiger partial charge in [0.2, 0.25) is 0 Å². The Bertz CT molecular complexity index is 525. The van der Waals surface area contributed by atoms with Crippen molar-refractivity contribution in [3.63, 3.8) is 0 Å². The summed E-state index contributed by atoms with van der Waals surface area (Å²) < 4.78 is 1.43. The lowest BCUT2D eigenvalue weighted by atomic mass is 9.91. The first kappa shape index (κ1) is 13.1. The molecule has 1 atom stereocenters. The average Bonchev–Trinajstić information content (AvgIpc) is 3.09. The summed E-state index contributed by atoms with van der Waals surface area (Å²) in [4.78, 5) is 0. The van der Waals surface area contributed by atoms with Crippen LogP contribution >= 0.6 is 11.3 Å². The van der Waals surface area contributed by atoms with Crippen molar-refractivity contribution in [1.29, 1.82) is 0 Å². The van der Waals surface area contributed by atoms with Crippen molar-refractivity contribution < 1.29 is 0 Å². The molecule has 1 aliphatic carbocycles. The summed E-state index contributed by atoms with van der Waals surface area (Å²) in [6.45, 7) is 3.38. The van der Waals surface area contributed by atoms with Gasteiger partial charge in [-0.3, -0.25) is 0 Å². The Morgan fingerprint density at radius 2 is 2.05 bits per heavy atom. The molecule has 0 radical (unpaired) electrons. The third-order valence-corrected chi connectivity index (χ3v) is 5.31. The van der Waals surface area contributed by atoms with Crippen LogP contribution in [0, 0.1) is 5.92 Å². The van der Waals surface area contributed by atoms with Crippen molar-refractivity contribution >= 4 is 21.4 Å². The molecule has 2 aromatic rings. The van der Waals surface area contributed by atoms with Gasteiger partial charge in [0, 0.05) is 10.7 Å². The lowest BCUT2D eigenvalue weighted by Crippen LogP contribution is -2.27. The van der Waals surface area contributed by atoms with E-state index in [9.17, 15) is 0 Å². The molecule has 3 rings (SSSR count). The minimum Gasteiger partial charge on any atom is -0.310 e. The molecule has 102 valence electrons. The van der Waals surface area contributed by atoms with Crippen LogP contribution in [0.15, 0.2) is 29.6 Å². The molecule has 1 saturated carbocycles. The Morgan fingerprint density at radius 3 is 2.84 bits per heavy atom. The minimum absolute atomic E-state index is 0.568. The summed E-state index contributed by atoms with van der Waals surface area (Å²) in [5, 5.41) is 7.66. The highest BCUT2D eigenvalue weighted by atomic mass is 32.1. The van der Waals surface area contributed by atoms with Crippen molar-refractivity contribution in [3.05, 3.63) is 35.2 Å². The SMILES string of the molecule is CCCNC(c1csc2ccccc12)C1CCCC1. The first-order valence-corrected chi connectivity index (χ1v) is 8.47. The number of nitrogens with one attached hydrogen (secondary N) is 1. The molecule has 1 nitrogen and oxygen atoms in total. The Balaban J connectivity index is 1.93. The van der Waals surface area contributed by atoms with Crippen LogP contribution in [-0.2, 0) is 0 Å². The quantitative estimate of drug-likeness (QED) is 0.796. The van der Waals surface area contributed by atoms with Crippen LogP contribution in [0.4, 0.5) is 0 Å². The molecular weight excluding hydrogens is 250 g/mol. The van der Waals surface area contributed by atoms with Gasteiger partial charge in [0.1, 0.15) is 0 Å². The highest BCUT2D eigenvalue weighted by molar-refractivity contribution is 7.17. The Labute approximate surface area is 120 Å². The second-order valence-corrected chi connectivity index (χ2v) is 6.57. The van der Waals surface area contributed by atoms with E-state index in [1.165, 1.54) is 42.2 Å². The molecule has 1 aromatic carbocycles. The standard InChI is InChI=1S/C17H23NS/c1-2-11-18-17(13-7-3-4-8-13)15-12-19-16-10-6-5-9-14(15)16/h5-6,9-10,12-13,17-18H,2-4,7-8,11H2,1H3. The summed E-state index contributed by atoms with van der Waals surface area (Å²) in [5.74, 6) is 0.838. The maximum atomic E-state index is 3.81. The second kappa shape index (κ2) is 6.06. The van der Waals surface area contributed by atoms with Gasteiger partial charge >= 0.3 is 0 Å². The van der Waals surface area contributed by atoms with Gasteiger partial charge in [-0.15, -0.1) is 11.3 Å². The van der Waals surface area contributed by atoms with Crippen LogP contribution in [0.2, 0.25) is 0 Å². The molecule has 1 unspecified atom stereocenters. The van der Waals surface area contributed by atoms with Gasteiger partial charge in [0.05, 0.1) is 0 Å². The minimum atomic E-state index is 0.568. The normalized spacial score (nSPS) is 18.2. The van der Waals surface area contributed by atoms with Crippen molar-refractivity contribution in [2.24, 2.45) is 5.92 Å². The summed E-state index contributed by atoms with van der Waals surface area (Å²) >= 11 is 1.89. The fraction of sp³-hybridized carbons (Fsp3) is 0.529. The molecule has 0 spiro atoms. The third-order valence-electron chi connectivity index (χ3n) is 4.33. The molecule has 1 heterocycles. The van der Waals surface area contributed by atoms with Crippen LogP contribution in [0.1, 0.15) is 50.6 Å². The van der Waals surface area contributed by atoms with E-state index >= 15 is 0 Å². The maximum absolute atomic E-state index is 3.81. The molecule has 0 saturated heterocycles. The Kier molecular flexibility index (Phi) is 4.19. The molecule has 0 amide bonds. The zero-order valence-electron chi connectivity index (χ0n) is 11.7. The van der Waals surface area contributed by atoms with Crippen molar-refractivity contribution in [3.8, 4) is 0 Å². The zero-order chi connectivity index (χ0) is 13.1. The molecule has 1 fully saturated rings. The fourth-order valence-electron chi connectivity index (χ4n) is 3.36. The average molecular weight is 273 g/mol. The first-order valence-electron chi connectivity index (χ1n) is 7.59. The maximum Gasteiger partial charge on any atom is 0.0363 e. The Hall–Kier alpha value is -0.860. The van der Waals surface area contributed by atoms with Crippen LogP contribution in [0.25, 0.3) is 10.1 Å². The van der Waals surface area contributed by atoms with E-state index in [2.05, 4.69) is 41.9 Å². The van der Waals surface area contributed by atoms with Gasteiger partial charge in [-0.1, -0.05) is 38.0 Å². The van der Waals surface area contributed by atoms with Crippen LogP contribution in [0.3, 0.4) is 0 Å². The fourth-order valence-corrected chi connectivity index (χ4v) is 4.36. The summed E-state index contributed by atoms with van der Waals surface area (Å²) in [6.07, 6.45) is 6.83. The highest BCUT2D eigenvalue weighted by Crippen LogP contribution is 2.40. The van der Waals surface area contributed by atoms with Crippen LogP contribution in [-0.4, -0.2) is 6.54 Å². The highest BCUT2D eigenvalue weighted by Gasteiger charge is 2.27. The van der Waals surface area contributed by atoms with E-state index in [4.69, 9.17) is 0 Å². The van der Waals surface area contributed by atoms with Gasteiger partial charge < -0.3 is 5.32 Å². The number of hydrogen-bond donors (Lipinski definition) is 1. The van der Waals surface area contributed by atoms with Crippen molar-refractivity contribution in [2.75, 3.05) is 6.54 Å². The van der Waals surface area contributed by atoms with Crippen molar-refractivity contribution in [2.45, 2.75) is 45.1 Å². The monoisotopic (exact) mass is 273 g/mol. The molecule has 0 aliphatic heterocycles. The predicted molar refractivity (Wildman–Crippen MR) is 84.8 cm³/mol. The smallest absolute Gasteiger partial charge is 0.0363 e. The van der Waals surface area contributed by atoms with E-state index in [1.807, 2.05) is 11.3 Å². The molecular formula is C17H23NS. The number of fused-ring (bicyclic) bond motifs is 1.